The second-order valence-electron chi connectivity index (χ2n) is 7.54. The Morgan fingerprint density at radius 2 is 1.71 bits per heavy atom. The van der Waals surface area contributed by atoms with Gasteiger partial charge in [-0.15, -0.1) is 0 Å². The summed E-state index contributed by atoms with van der Waals surface area (Å²) in [6.45, 7) is 0.904. The van der Waals surface area contributed by atoms with Gasteiger partial charge in [0.25, 0.3) is 0 Å². The smallest absolute Gasteiger partial charge is 0.223 e. The predicted molar refractivity (Wildman–Crippen MR) is 111 cm³/mol. The van der Waals surface area contributed by atoms with E-state index >= 15 is 0 Å². The Balaban J connectivity index is 1.30. The second kappa shape index (κ2) is 8.87. The number of aryl methyl sites for hydroxylation is 2. The Morgan fingerprint density at radius 1 is 0.964 bits per heavy atom. The summed E-state index contributed by atoms with van der Waals surface area (Å²) < 4.78 is 1.87. The molecule has 0 radical (unpaired) electrons. The highest BCUT2D eigenvalue weighted by molar-refractivity contribution is 5.77. The van der Waals surface area contributed by atoms with Crippen molar-refractivity contribution in [2.24, 2.45) is 0 Å². The molecule has 2 heterocycles. The number of aromatic nitrogens is 2. The fourth-order valence-corrected chi connectivity index (χ4v) is 4.05. The molecule has 1 aliphatic heterocycles. The largest absolute Gasteiger partial charge is 0.340 e. The zero-order valence-electron chi connectivity index (χ0n) is 16.2. The third kappa shape index (κ3) is 4.50. The molecular weight excluding hydrogens is 346 g/mol. The molecule has 1 saturated heterocycles. The van der Waals surface area contributed by atoms with Gasteiger partial charge in [0.1, 0.15) is 0 Å². The lowest BCUT2D eigenvalue weighted by atomic mass is 10.0. The molecule has 0 aliphatic carbocycles. The van der Waals surface area contributed by atoms with Crippen molar-refractivity contribution in [3.8, 4) is 5.69 Å². The van der Waals surface area contributed by atoms with Gasteiger partial charge in [0, 0.05) is 25.2 Å². The zero-order chi connectivity index (χ0) is 19.2. The van der Waals surface area contributed by atoms with Gasteiger partial charge < -0.3 is 4.90 Å². The van der Waals surface area contributed by atoms with Gasteiger partial charge in [0.05, 0.1) is 11.9 Å². The summed E-state index contributed by atoms with van der Waals surface area (Å²) in [6.07, 6.45) is 9.55. The third-order valence-corrected chi connectivity index (χ3v) is 5.59. The first-order valence-electron chi connectivity index (χ1n) is 10.2. The lowest BCUT2D eigenvalue weighted by Crippen LogP contribution is -2.35. The van der Waals surface area contributed by atoms with Crippen molar-refractivity contribution >= 4 is 5.91 Å². The molecule has 3 aromatic rings. The molecule has 4 nitrogen and oxygen atoms in total. The molecule has 28 heavy (non-hydrogen) atoms. The van der Waals surface area contributed by atoms with Gasteiger partial charge in [-0.25, -0.2) is 4.68 Å². The van der Waals surface area contributed by atoms with Crippen LogP contribution in [0, 0.1) is 0 Å². The third-order valence-electron chi connectivity index (χ3n) is 5.59. The molecule has 0 saturated carbocycles. The molecule has 1 unspecified atom stereocenters. The van der Waals surface area contributed by atoms with E-state index in [1.165, 1.54) is 5.56 Å². The van der Waals surface area contributed by atoms with Gasteiger partial charge in [0.15, 0.2) is 0 Å². The van der Waals surface area contributed by atoms with E-state index < -0.39 is 0 Å². The number of nitrogens with zero attached hydrogens (tertiary/aromatic N) is 3. The quantitative estimate of drug-likeness (QED) is 0.614. The summed E-state index contributed by atoms with van der Waals surface area (Å²) in [5.41, 5.74) is 3.51. The summed E-state index contributed by atoms with van der Waals surface area (Å²) in [6, 6.07) is 21.0. The topological polar surface area (TPSA) is 38.1 Å². The van der Waals surface area contributed by atoms with Crippen LogP contribution < -0.4 is 0 Å². The van der Waals surface area contributed by atoms with E-state index in [0.29, 0.717) is 12.5 Å². The van der Waals surface area contributed by atoms with E-state index in [1.807, 2.05) is 47.4 Å². The van der Waals surface area contributed by atoms with Gasteiger partial charge in [-0.2, -0.15) is 5.10 Å². The van der Waals surface area contributed by atoms with Gasteiger partial charge in [0.2, 0.25) is 5.91 Å². The first-order valence-corrected chi connectivity index (χ1v) is 10.2. The molecule has 0 N–H and O–H groups in total. The standard InChI is InChI=1S/C24H27N3O/c28-24(16-14-21-18-25-27(19-21)23-10-5-2-6-11-23)26-17-7-12-22(26)15-13-20-8-3-1-4-9-20/h1-6,8-11,18-19,22H,7,12-17H2. The minimum absolute atomic E-state index is 0.281. The fraction of sp³-hybridized carbons (Fsp3) is 0.333. The molecular formula is C24H27N3O. The number of hydrogen-bond donors (Lipinski definition) is 0. The predicted octanol–water partition coefficient (Wildman–Crippen LogP) is 4.43. The van der Waals surface area contributed by atoms with Crippen molar-refractivity contribution in [2.75, 3.05) is 6.54 Å². The summed E-state index contributed by atoms with van der Waals surface area (Å²) in [5.74, 6) is 0.281. The first-order chi connectivity index (χ1) is 13.8. The lowest BCUT2D eigenvalue weighted by Gasteiger charge is -2.25. The van der Waals surface area contributed by atoms with Crippen LogP contribution in [0.3, 0.4) is 0 Å². The Kier molecular flexibility index (Phi) is 5.86. The van der Waals surface area contributed by atoms with Crippen LogP contribution in [0.1, 0.15) is 36.8 Å². The molecule has 4 heteroatoms. The number of carbonyl (C=O) groups is 1. The number of carbonyl (C=O) groups excluding carboxylic acids is 1. The van der Waals surface area contributed by atoms with Crippen LogP contribution in [-0.4, -0.2) is 33.2 Å². The van der Waals surface area contributed by atoms with Gasteiger partial charge in [-0.05, 0) is 55.4 Å². The number of para-hydroxylation sites is 1. The first kappa shape index (κ1) is 18.5. The lowest BCUT2D eigenvalue weighted by molar-refractivity contribution is -0.132. The van der Waals surface area contributed by atoms with Gasteiger partial charge in [-0.3, -0.25) is 4.79 Å². The highest BCUT2D eigenvalue weighted by atomic mass is 16.2. The van der Waals surface area contributed by atoms with E-state index in [2.05, 4.69) is 40.3 Å². The minimum Gasteiger partial charge on any atom is -0.340 e. The van der Waals surface area contributed by atoms with Crippen molar-refractivity contribution in [3.63, 3.8) is 0 Å². The van der Waals surface area contributed by atoms with Crippen LogP contribution in [0.5, 0.6) is 0 Å². The van der Waals surface area contributed by atoms with E-state index in [-0.39, 0.29) is 5.91 Å². The van der Waals surface area contributed by atoms with E-state index in [0.717, 1.165) is 49.9 Å². The molecule has 0 spiro atoms. The Bertz CT molecular complexity index is 888. The Hall–Kier alpha value is -2.88. The number of rotatable bonds is 7. The molecule has 1 fully saturated rings. The number of benzene rings is 2. The summed E-state index contributed by atoms with van der Waals surface area (Å²) in [5, 5.41) is 4.43. The van der Waals surface area contributed by atoms with Crippen molar-refractivity contribution in [1.82, 2.24) is 14.7 Å². The van der Waals surface area contributed by atoms with E-state index in [1.54, 1.807) is 0 Å². The van der Waals surface area contributed by atoms with Crippen LogP contribution in [-0.2, 0) is 17.6 Å². The summed E-state index contributed by atoms with van der Waals surface area (Å²) in [4.78, 5) is 14.9. The van der Waals surface area contributed by atoms with Crippen LogP contribution in [0.15, 0.2) is 73.1 Å². The number of amides is 1. The average Bonchev–Trinajstić information content (AvgIpc) is 3.41. The van der Waals surface area contributed by atoms with Crippen molar-refractivity contribution < 1.29 is 4.79 Å². The highest BCUT2D eigenvalue weighted by Gasteiger charge is 2.27. The van der Waals surface area contributed by atoms with Crippen molar-refractivity contribution in [3.05, 3.63) is 84.2 Å². The average molecular weight is 374 g/mol. The van der Waals surface area contributed by atoms with E-state index in [9.17, 15) is 4.79 Å². The van der Waals surface area contributed by atoms with Crippen molar-refractivity contribution in [1.29, 1.82) is 0 Å². The second-order valence-corrected chi connectivity index (χ2v) is 7.54. The summed E-state index contributed by atoms with van der Waals surface area (Å²) >= 11 is 0. The maximum absolute atomic E-state index is 12.8. The number of likely N-dealkylation sites (tertiary alicyclic amines) is 1. The molecule has 4 rings (SSSR count). The molecule has 0 bridgehead atoms. The molecule has 1 aromatic heterocycles. The van der Waals surface area contributed by atoms with Crippen LogP contribution in [0.25, 0.3) is 5.69 Å². The minimum atomic E-state index is 0.281. The van der Waals surface area contributed by atoms with E-state index in [4.69, 9.17) is 0 Å². The zero-order valence-corrected chi connectivity index (χ0v) is 16.2. The Morgan fingerprint density at radius 3 is 2.50 bits per heavy atom. The molecule has 144 valence electrons. The fourth-order valence-electron chi connectivity index (χ4n) is 4.05. The maximum atomic E-state index is 12.8. The molecule has 2 aromatic carbocycles. The van der Waals surface area contributed by atoms with Crippen LogP contribution in [0.4, 0.5) is 0 Å². The van der Waals surface area contributed by atoms with Gasteiger partial charge >= 0.3 is 0 Å². The SMILES string of the molecule is O=C(CCc1cnn(-c2ccccc2)c1)N1CCCC1CCc1ccccc1. The monoisotopic (exact) mass is 373 g/mol. The Labute approximate surface area is 166 Å². The van der Waals surface area contributed by atoms with Gasteiger partial charge in [-0.1, -0.05) is 48.5 Å². The maximum Gasteiger partial charge on any atom is 0.223 e. The summed E-state index contributed by atoms with van der Waals surface area (Å²) in [7, 11) is 0. The molecule has 1 atom stereocenters. The number of hydrogen-bond acceptors (Lipinski definition) is 2. The molecule has 1 amide bonds. The normalized spacial score (nSPS) is 16.4. The molecule has 1 aliphatic rings. The van der Waals surface area contributed by atoms with Crippen molar-refractivity contribution in [2.45, 2.75) is 44.6 Å². The highest BCUT2D eigenvalue weighted by Crippen LogP contribution is 2.23. The van der Waals surface area contributed by atoms with Crippen LogP contribution in [0.2, 0.25) is 0 Å². The van der Waals surface area contributed by atoms with Crippen LogP contribution >= 0.6 is 0 Å².